The molecular formula is C12H13BrN4O2. The standard InChI is InChI=1S/C12H13BrN4O2/c1-19-11-3-2-9(13)4-8(11)5-14-12(18)17-10-6-15-16-7-10/h2-4,6-7H,5H2,1H3,(H,15,16)(H2,14,17,18). The molecule has 0 fully saturated rings. The van der Waals surface area contributed by atoms with Gasteiger partial charge >= 0.3 is 6.03 Å². The molecule has 19 heavy (non-hydrogen) atoms. The number of H-pyrrole nitrogens is 1. The van der Waals surface area contributed by atoms with Crippen LogP contribution in [0.2, 0.25) is 0 Å². The Labute approximate surface area is 118 Å². The van der Waals surface area contributed by atoms with Crippen LogP contribution in [-0.4, -0.2) is 23.3 Å². The lowest BCUT2D eigenvalue weighted by Crippen LogP contribution is -2.28. The molecular weight excluding hydrogens is 312 g/mol. The first-order valence-corrected chi connectivity index (χ1v) is 6.34. The first kappa shape index (κ1) is 13.4. The predicted molar refractivity (Wildman–Crippen MR) is 75.1 cm³/mol. The van der Waals surface area contributed by atoms with Gasteiger partial charge in [-0.05, 0) is 18.2 Å². The Bertz CT molecular complexity index is 557. The number of hydrogen-bond donors (Lipinski definition) is 3. The summed E-state index contributed by atoms with van der Waals surface area (Å²) in [6, 6.07) is 5.32. The zero-order valence-corrected chi connectivity index (χ0v) is 11.8. The van der Waals surface area contributed by atoms with Crippen molar-refractivity contribution in [1.82, 2.24) is 15.5 Å². The summed E-state index contributed by atoms with van der Waals surface area (Å²) in [5, 5.41) is 11.7. The third kappa shape index (κ3) is 3.72. The lowest BCUT2D eigenvalue weighted by Gasteiger charge is -2.10. The largest absolute Gasteiger partial charge is 0.496 e. The zero-order valence-electron chi connectivity index (χ0n) is 10.2. The summed E-state index contributed by atoms with van der Waals surface area (Å²) < 4.78 is 6.16. The minimum atomic E-state index is -0.302. The molecule has 0 aliphatic rings. The number of nitrogens with one attached hydrogen (secondary N) is 3. The van der Waals surface area contributed by atoms with Gasteiger partial charge in [0.25, 0.3) is 0 Å². The van der Waals surface area contributed by atoms with Crippen molar-refractivity contribution in [3.63, 3.8) is 0 Å². The van der Waals surface area contributed by atoms with E-state index < -0.39 is 0 Å². The molecule has 6 nitrogen and oxygen atoms in total. The summed E-state index contributed by atoms with van der Waals surface area (Å²) in [6.45, 7) is 0.367. The summed E-state index contributed by atoms with van der Waals surface area (Å²) in [7, 11) is 1.60. The fraction of sp³-hybridized carbons (Fsp3) is 0.167. The maximum absolute atomic E-state index is 11.7. The Hall–Kier alpha value is -2.02. The van der Waals surface area contributed by atoms with E-state index in [-0.39, 0.29) is 6.03 Å². The maximum atomic E-state index is 11.7. The molecule has 3 N–H and O–H groups in total. The van der Waals surface area contributed by atoms with Crippen LogP contribution in [0, 0.1) is 0 Å². The molecule has 7 heteroatoms. The number of rotatable bonds is 4. The molecule has 0 bridgehead atoms. The molecule has 2 amide bonds. The predicted octanol–water partition coefficient (Wildman–Crippen LogP) is 2.50. The first-order chi connectivity index (χ1) is 9.19. The highest BCUT2D eigenvalue weighted by atomic mass is 79.9. The van der Waals surface area contributed by atoms with Crippen molar-refractivity contribution in [2.75, 3.05) is 12.4 Å². The molecule has 0 saturated carbocycles. The molecule has 1 aromatic carbocycles. The molecule has 0 aliphatic heterocycles. The maximum Gasteiger partial charge on any atom is 0.319 e. The van der Waals surface area contributed by atoms with Gasteiger partial charge in [0.05, 0.1) is 19.0 Å². The second-order valence-electron chi connectivity index (χ2n) is 3.75. The second kappa shape index (κ2) is 6.24. The average molecular weight is 325 g/mol. The Morgan fingerprint density at radius 3 is 3.05 bits per heavy atom. The van der Waals surface area contributed by atoms with Crippen molar-refractivity contribution in [3.8, 4) is 5.75 Å². The van der Waals surface area contributed by atoms with Gasteiger partial charge in [-0.2, -0.15) is 5.10 Å². The number of carbonyl (C=O) groups excluding carboxylic acids is 1. The monoisotopic (exact) mass is 324 g/mol. The van der Waals surface area contributed by atoms with E-state index in [2.05, 4.69) is 36.8 Å². The fourth-order valence-electron chi connectivity index (χ4n) is 1.56. The second-order valence-corrected chi connectivity index (χ2v) is 4.67. The van der Waals surface area contributed by atoms with Crippen LogP contribution in [0.5, 0.6) is 5.75 Å². The quantitative estimate of drug-likeness (QED) is 0.808. The van der Waals surface area contributed by atoms with Crippen LogP contribution in [0.3, 0.4) is 0 Å². The summed E-state index contributed by atoms with van der Waals surface area (Å²) >= 11 is 3.38. The van der Waals surface area contributed by atoms with Crippen LogP contribution in [0.1, 0.15) is 5.56 Å². The number of nitrogens with zero attached hydrogens (tertiary/aromatic N) is 1. The Morgan fingerprint density at radius 2 is 2.37 bits per heavy atom. The number of aromatic nitrogens is 2. The van der Waals surface area contributed by atoms with E-state index in [0.717, 1.165) is 15.8 Å². The molecule has 0 spiro atoms. The molecule has 1 heterocycles. The van der Waals surface area contributed by atoms with Crippen molar-refractivity contribution in [2.45, 2.75) is 6.54 Å². The zero-order chi connectivity index (χ0) is 13.7. The van der Waals surface area contributed by atoms with E-state index in [1.807, 2.05) is 18.2 Å². The number of amides is 2. The summed E-state index contributed by atoms with van der Waals surface area (Å²) in [5.74, 6) is 0.729. The SMILES string of the molecule is COc1ccc(Br)cc1CNC(=O)Nc1cn[nH]c1. The molecule has 0 aliphatic carbocycles. The summed E-state index contributed by atoms with van der Waals surface area (Å²) in [4.78, 5) is 11.7. The molecule has 2 rings (SSSR count). The van der Waals surface area contributed by atoms with Gasteiger partial charge in [0.2, 0.25) is 0 Å². The summed E-state index contributed by atoms with van der Waals surface area (Å²) in [6.07, 6.45) is 3.12. The van der Waals surface area contributed by atoms with Crippen LogP contribution in [0.4, 0.5) is 10.5 Å². The van der Waals surface area contributed by atoms with Crippen molar-refractivity contribution >= 4 is 27.6 Å². The van der Waals surface area contributed by atoms with Gasteiger partial charge in [-0.15, -0.1) is 0 Å². The minimum Gasteiger partial charge on any atom is -0.496 e. The number of halogens is 1. The van der Waals surface area contributed by atoms with Gasteiger partial charge in [-0.25, -0.2) is 4.79 Å². The molecule has 100 valence electrons. The number of carbonyl (C=O) groups is 1. The highest BCUT2D eigenvalue weighted by Crippen LogP contribution is 2.22. The minimum absolute atomic E-state index is 0.302. The molecule has 0 unspecified atom stereocenters. The smallest absolute Gasteiger partial charge is 0.319 e. The van der Waals surface area contributed by atoms with Crippen LogP contribution in [0.15, 0.2) is 35.1 Å². The molecule has 1 aromatic heterocycles. The van der Waals surface area contributed by atoms with E-state index >= 15 is 0 Å². The molecule has 0 radical (unpaired) electrons. The molecule has 2 aromatic rings. The van der Waals surface area contributed by atoms with E-state index in [1.54, 1.807) is 13.3 Å². The van der Waals surface area contributed by atoms with E-state index in [0.29, 0.717) is 12.2 Å². The van der Waals surface area contributed by atoms with Crippen molar-refractivity contribution in [1.29, 1.82) is 0 Å². The number of ether oxygens (including phenoxy) is 1. The molecule has 0 saturated heterocycles. The lowest BCUT2D eigenvalue weighted by atomic mass is 10.2. The fourth-order valence-corrected chi connectivity index (χ4v) is 1.96. The first-order valence-electron chi connectivity index (χ1n) is 5.55. The Balaban J connectivity index is 1.94. The van der Waals surface area contributed by atoms with Crippen molar-refractivity contribution in [2.24, 2.45) is 0 Å². The number of methoxy groups -OCH3 is 1. The highest BCUT2D eigenvalue weighted by Gasteiger charge is 2.06. The Kier molecular flexibility index (Phi) is 4.40. The average Bonchev–Trinajstić information content (AvgIpc) is 2.89. The van der Waals surface area contributed by atoms with Crippen LogP contribution in [-0.2, 0) is 6.54 Å². The number of anilines is 1. The van der Waals surface area contributed by atoms with Gasteiger partial charge in [-0.3, -0.25) is 5.10 Å². The third-order valence-electron chi connectivity index (χ3n) is 2.44. The van der Waals surface area contributed by atoms with Gasteiger partial charge in [0.1, 0.15) is 5.75 Å². The van der Waals surface area contributed by atoms with E-state index in [4.69, 9.17) is 4.74 Å². The lowest BCUT2D eigenvalue weighted by molar-refractivity contribution is 0.251. The topological polar surface area (TPSA) is 79.0 Å². The van der Waals surface area contributed by atoms with Crippen LogP contribution in [0.25, 0.3) is 0 Å². The van der Waals surface area contributed by atoms with Crippen molar-refractivity contribution < 1.29 is 9.53 Å². The Morgan fingerprint density at radius 1 is 1.53 bits per heavy atom. The van der Waals surface area contributed by atoms with Crippen molar-refractivity contribution in [3.05, 3.63) is 40.6 Å². The van der Waals surface area contributed by atoms with Gasteiger partial charge < -0.3 is 15.4 Å². The summed E-state index contributed by atoms with van der Waals surface area (Å²) in [5.41, 5.74) is 1.50. The third-order valence-corrected chi connectivity index (χ3v) is 2.93. The number of urea groups is 1. The van der Waals surface area contributed by atoms with Crippen LogP contribution < -0.4 is 15.4 Å². The van der Waals surface area contributed by atoms with Gasteiger partial charge in [0.15, 0.2) is 0 Å². The molecule has 0 atom stereocenters. The van der Waals surface area contributed by atoms with Gasteiger partial charge in [0, 0.05) is 22.8 Å². The van der Waals surface area contributed by atoms with E-state index in [1.165, 1.54) is 6.20 Å². The number of hydrogen-bond acceptors (Lipinski definition) is 3. The van der Waals surface area contributed by atoms with Crippen LogP contribution >= 0.6 is 15.9 Å². The van der Waals surface area contributed by atoms with Gasteiger partial charge in [-0.1, -0.05) is 15.9 Å². The normalized spacial score (nSPS) is 10.0. The highest BCUT2D eigenvalue weighted by molar-refractivity contribution is 9.10. The van der Waals surface area contributed by atoms with E-state index in [9.17, 15) is 4.79 Å². The number of aromatic amines is 1. The number of benzene rings is 1.